The Morgan fingerprint density at radius 3 is 3.06 bits per heavy atom. The van der Waals surface area contributed by atoms with Crippen LogP contribution in [0.5, 0.6) is 0 Å². The molecule has 1 atom stereocenters. The smallest absolute Gasteiger partial charge is 0.316 e. The first-order chi connectivity index (χ1) is 8.47. The second-order valence-electron chi connectivity index (χ2n) is 3.72. The fourth-order valence-corrected chi connectivity index (χ4v) is 3.06. The number of hydrogen-bond acceptors (Lipinski definition) is 6. The van der Waals surface area contributed by atoms with Gasteiger partial charge in [-0.25, -0.2) is 4.98 Å². The maximum atomic E-state index is 11.6. The lowest BCUT2D eigenvalue weighted by atomic mass is 10.5. The average Bonchev–Trinajstić information content (AvgIpc) is 2.68. The molecule has 6 nitrogen and oxygen atoms in total. The van der Waals surface area contributed by atoms with Crippen molar-refractivity contribution in [3.8, 4) is 0 Å². The van der Waals surface area contributed by atoms with Gasteiger partial charge in [0, 0.05) is 17.5 Å². The Labute approximate surface area is 111 Å². The van der Waals surface area contributed by atoms with E-state index in [0.717, 1.165) is 0 Å². The Hall–Kier alpha value is -1.41. The van der Waals surface area contributed by atoms with Gasteiger partial charge in [0.25, 0.3) is 5.56 Å². The third-order valence-corrected chi connectivity index (χ3v) is 4.45. The summed E-state index contributed by atoms with van der Waals surface area (Å²) in [5, 5.41) is 13.1. The van der Waals surface area contributed by atoms with E-state index in [-0.39, 0.29) is 5.56 Å². The van der Waals surface area contributed by atoms with Crippen molar-refractivity contribution in [3.05, 3.63) is 27.1 Å². The number of carbonyl (C=O) groups is 1. The highest BCUT2D eigenvalue weighted by molar-refractivity contribution is 7.99. The first-order valence-corrected chi connectivity index (χ1v) is 7.04. The van der Waals surface area contributed by atoms with Crippen LogP contribution in [0.15, 0.2) is 10.9 Å². The van der Waals surface area contributed by atoms with E-state index in [1.807, 2.05) is 0 Å². The molecule has 96 valence electrons. The van der Waals surface area contributed by atoms with Crippen LogP contribution in [0.3, 0.4) is 0 Å². The van der Waals surface area contributed by atoms with Crippen molar-refractivity contribution in [3.63, 3.8) is 0 Å². The molecular weight excluding hydrogens is 274 g/mol. The zero-order valence-electron chi connectivity index (χ0n) is 9.78. The summed E-state index contributed by atoms with van der Waals surface area (Å²) in [4.78, 5) is 27.1. The van der Waals surface area contributed by atoms with Crippen molar-refractivity contribution >= 4 is 34.0 Å². The normalized spacial score (nSPS) is 12.8. The molecule has 1 N–H and O–H groups in total. The molecule has 0 aromatic carbocycles. The molecule has 0 radical (unpaired) electrons. The summed E-state index contributed by atoms with van der Waals surface area (Å²) in [5.41, 5.74) is 0.443. The third kappa shape index (κ3) is 2.70. The largest absolute Gasteiger partial charge is 0.480 e. The maximum absolute atomic E-state index is 11.6. The van der Waals surface area contributed by atoms with E-state index >= 15 is 0 Å². The van der Waals surface area contributed by atoms with E-state index in [1.165, 1.54) is 33.7 Å². The van der Waals surface area contributed by atoms with E-state index in [9.17, 15) is 9.59 Å². The third-order valence-electron chi connectivity index (χ3n) is 2.22. The lowest BCUT2D eigenvalue weighted by Gasteiger charge is -2.02. The summed E-state index contributed by atoms with van der Waals surface area (Å²) in [6, 6.07) is 1.42. The van der Waals surface area contributed by atoms with Gasteiger partial charge in [0.1, 0.15) is 5.01 Å². The second-order valence-corrected chi connectivity index (χ2v) is 6.09. The van der Waals surface area contributed by atoms with Gasteiger partial charge in [-0.2, -0.15) is 9.61 Å². The number of thioether (sulfide) groups is 1. The highest BCUT2D eigenvalue weighted by Gasteiger charge is 2.13. The molecule has 0 aliphatic heterocycles. The van der Waals surface area contributed by atoms with E-state index in [4.69, 9.17) is 5.11 Å². The van der Waals surface area contributed by atoms with Crippen molar-refractivity contribution < 1.29 is 9.90 Å². The van der Waals surface area contributed by atoms with Gasteiger partial charge in [-0.05, 0) is 13.8 Å². The molecule has 18 heavy (non-hydrogen) atoms. The van der Waals surface area contributed by atoms with Crippen molar-refractivity contribution in [2.45, 2.75) is 24.9 Å². The van der Waals surface area contributed by atoms with Gasteiger partial charge in [0.15, 0.2) is 0 Å². The molecule has 0 amide bonds. The number of rotatable bonds is 4. The lowest BCUT2D eigenvalue weighted by Crippen LogP contribution is -2.14. The quantitative estimate of drug-likeness (QED) is 0.907. The number of nitrogens with zero attached hydrogens (tertiary/aromatic N) is 3. The van der Waals surface area contributed by atoms with Crippen LogP contribution in [0.2, 0.25) is 0 Å². The van der Waals surface area contributed by atoms with Crippen molar-refractivity contribution in [1.29, 1.82) is 0 Å². The molecule has 0 spiro atoms. The Morgan fingerprint density at radius 2 is 2.39 bits per heavy atom. The Kier molecular flexibility index (Phi) is 3.67. The zero-order chi connectivity index (χ0) is 13.3. The summed E-state index contributed by atoms with van der Waals surface area (Å²) in [5.74, 6) is -0.396. The maximum Gasteiger partial charge on any atom is 0.316 e. The van der Waals surface area contributed by atoms with Gasteiger partial charge in [-0.1, -0.05) is 11.3 Å². The molecule has 0 saturated carbocycles. The molecule has 2 aromatic rings. The zero-order valence-corrected chi connectivity index (χ0v) is 11.4. The molecule has 0 fully saturated rings. The van der Waals surface area contributed by atoms with E-state index in [0.29, 0.717) is 21.4 Å². The first kappa shape index (κ1) is 13.0. The monoisotopic (exact) mass is 285 g/mol. The number of aromatic nitrogens is 3. The molecular formula is C10H11N3O3S2. The van der Waals surface area contributed by atoms with Crippen molar-refractivity contribution in [1.82, 2.24) is 14.6 Å². The summed E-state index contributed by atoms with van der Waals surface area (Å²) >= 11 is 2.57. The van der Waals surface area contributed by atoms with Crippen molar-refractivity contribution in [2.75, 3.05) is 0 Å². The van der Waals surface area contributed by atoms with Crippen molar-refractivity contribution in [2.24, 2.45) is 0 Å². The molecule has 8 heteroatoms. The van der Waals surface area contributed by atoms with Crippen LogP contribution in [0.25, 0.3) is 4.96 Å². The minimum atomic E-state index is -0.854. The average molecular weight is 285 g/mol. The Balaban J connectivity index is 2.23. The minimum Gasteiger partial charge on any atom is -0.480 e. The van der Waals surface area contributed by atoms with Crippen LogP contribution in [0.1, 0.15) is 17.6 Å². The number of carboxylic acids is 1. The van der Waals surface area contributed by atoms with E-state index in [1.54, 1.807) is 13.8 Å². The molecule has 2 aromatic heterocycles. The van der Waals surface area contributed by atoms with Gasteiger partial charge in [-0.3, -0.25) is 9.59 Å². The van der Waals surface area contributed by atoms with E-state index in [2.05, 4.69) is 10.1 Å². The van der Waals surface area contributed by atoms with Gasteiger partial charge < -0.3 is 5.11 Å². The van der Waals surface area contributed by atoms with Crippen LogP contribution in [-0.4, -0.2) is 30.9 Å². The number of aryl methyl sites for hydroxylation is 1. The molecule has 0 aliphatic carbocycles. The van der Waals surface area contributed by atoms with Gasteiger partial charge in [0.05, 0.1) is 5.25 Å². The highest BCUT2D eigenvalue weighted by Crippen LogP contribution is 2.21. The number of aliphatic carboxylic acids is 1. The molecule has 0 aliphatic rings. The first-order valence-electron chi connectivity index (χ1n) is 5.18. The highest BCUT2D eigenvalue weighted by atomic mass is 32.2. The second kappa shape index (κ2) is 5.07. The molecule has 2 heterocycles. The van der Waals surface area contributed by atoms with Crippen LogP contribution in [0.4, 0.5) is 0 Å². The number of fused-ring (bicyclic) bond motifs is 1. The topological polar surface area (TPSA) is 84.6 Å². The standard InChI is InChI=1S/C10H11N3O3S2/c1-5-3-8(14)13-10(11-5)18-7(12-13)4-17-6(2)9(15)16/h3,6H,4H2,1-2H3,(H,15,16). The number of carboxylic acid groups (broad SMARTS) is 1. The van der Waals surface area contributed by atoms with E-state index < -0.39 is 11.2 Å². The summed E-state index contributed by atoms with van der Waals surface area (Å²) < 4.78 is 1.25. The lowest BCUT2D eigenvalue weighted by molar-refractivity contribution is -0.136. The van der Waals surface area contributed by atoms with Gasteiger partial charge in [0.2, 0.25) is 4.96 Å². The number of hydrogen-bond donors (Lipinski definition) is 1. The molecule has 0 bridgehead atoms. The van der Waals surface area contributed by atoms with Crippen LogP contribution in [-0.2, 0) is 10.5 Å². The Bertz CT molecular complexity index is 649. The fourth-order valence-electron chi connectivity index (χ4n) is 1.29. The molecule has 1 unspecified atom stereocenters. The summed E-state index contributed by atoms with van der Waals surface area (Å²) in [7, 11) is 0. The predicted molar refractivity (Wildman–Crippen MR) is 70.3 cm³/mol. The van der Waals surface area contributed by atoms with Crippen LogP contribution >= 0.6 is 23.1 Å². The Morgan fingerprint density at radius 1 is 1.67 bits per heavy atom. The predicted octanol–water partition coefficient (Wildman–Crippen LogP) is 1.17. The van der Waals surface area contributed by atoms with Crippen LogP contribution in [0, 0.1) is 6.92 Å². The summed E-state index contributed by atoms with van der Waals surface area (Å²) in [6.45, 7) is 3.37. The SMILES string of the molecule is Cc1cc(=O)n2nc(CSC(C)C(=O)O)sc2n1. The summed E-state index contributed by atoms with van der Waals surface area (Å²) in [6.07, 6.45) is 0. The molecule has 0 saturated heterocycles. The minimum absolute atomic E-state index is 0.212. The van der Waals surface area contributed by atoms with Crippen LogP contribution < -0.4 is 5.56 Å². The molecule has 2 rings (SSSR count). The van der Waals surface area contributed by atoms with Gasteiger partial charge >= 0.3 is 5.97 Å². The fraction of sp³-hybridized carbons (Fsp3) is 0.400. The van der Waals surface area contributed by atoms with Gasteiger partial charge in [-0.15, -0.1) is 11.8 Å².